The van der Waals surface area contributed by atoms with Crippen LogP contribution in [-0.2, 0) is 33.4 Å². The molecule has 1 saturated carbocycles. The lowest BCUT2D eigenvalue weighted by molar-refractivity contribution is -0.195. The van der Waals surface area contributed by atoms with Gasteiger partial charge >= 0.3 is 17.9 Å². The van der Waals surface area contributed by atoms with Crippen molar-refractivity contribution in [3.05, 3.63) is 59.7 Å². The zero-order valence-electron chi connectivity index (χ0n) is 23.7. The first-order valence-corrected chi connectivity index (χ1v) is 13.2. The van der Waals surface area contributed by atoms with E-state index >= 15 is 0 Å². The van der Waals surface area contributed by atoms with Gasteiger partial charge in [0.25, 0.3) is 0 Å². The van der Waals surface area contributed by atoms with Gasteiger partial charge in [-0.15, -0.1) is 0 Å². The Bertz CT molecular complexity index is 1190. The molecule has 1 fully saturated rings. The van der Waals surface area contributed by atoms with Crippen LogP contribution in [0, 0.1) is 23.2 Å². The highest BCUT2D eigenvalue weighted by Crippen LogP contribution is 2.50. The van der Waals surface area contributed by atoms with Crippen LogP contribution < -0.4 is 0 Å². The Morgan fingerprint density at radius 1 is 0.949 bits per heavy atom. The molecule has 3 rings (SSSR count). The standard InChI is InChI=1S/C31H38O8/c1-18-13-14-30(6,7)26(35)16-25(34)19(2)15-24-27(38-29(36)23-11-9-8-10-12-23)20(3)17-31(24,39-22(5)33)28(18)37-21(4)32/h8-15,18,20,24,27-28H,16-17H2,1-7H3/t18-,20-,24+,27+,28+,31-/m1/s1. The summed E-state index contributed by atoms with van der Waals surface area (Å²) in [6, 6.07) is 8.50. The Morgan fingerprint density at radius 3 is 2.18 bits per heavy atom. The minimum absolute atomic E-state index is 0.209. The van der Waals surface area contributed by atoms with Crippen molar-refractivity contribution in [2.75, 3.05) is 0 Å². The first kappa shape index (κ1) is 30.0. The first-order valence-electron chi connectivity index (χ1n) is 13.2. The van der Waals surface area contributed by atoms with Crippen LogP contribution in [0.1, 0.15) is 71.7 Å². The molecule has 0 heterocycles. The summed E-state index contributed by atoms with van der Waals surface area (Å²) in [6.45, 7) is 11.2. The quantitative estimate of drug-likeness (QED) is 0.232. The summed E-state index contributed by atoms with van der Waals surface area (Å²) in [7, 11) is 0. The van der Waals surface area contributed by atoms with E-state index in [4.69, 9.17) is 14.2 Å². The molecule has 0 amide bonds. The van der Waals surface area contributed by atoms with Crippen molar-refractivity contribution < 1.29 is 38.2 Å². The van der Waals surface area contributed by atoms with E-state index in [2.05, 4.69) is 0 Å². The van der Waals surface area contributed by atoms with Crippen LogP contribution in [0.15, 0.2) is 54.1 Å². The van der Waals surface area contributed by atoms with Crippen LogP contribution in [0.4, 0.5) is 0 Å². The van der Waals surface area contributed by atoms with Gasteiger partial charge in [0.05, 0.1) is 17.9 Å². The van der Waals surface area contributed by atoms with Gasteiger partial charge in [0.15, 0.2) is 11.4 Å². The summed E-state index contributed by atoms with van der Waals surface area (Å²) in [6.07, 6.45) is 3.17. The minimum atomic E-state index is -1.45. The summed E-state index contributed by atoms with van der Waals surface area (Å²) in [5, 5.41) is 0. The number of ether oxygens (including phenoxy) is 3. The van der Waals surface area contributed by atoms with E-state index < -0.39 is 53.0 Å². The van der Waals surface area contributed by atoms with Crippen molar-refractivity contribution in [1.82, 2.24) is 0 Å². The van der Waals surface area contributed by atoms with Gasteiger partial charge in [-0.25, -0.2) is 4.79 Å². The Balaban J connectivity index is 2.24. The van der Waals surface area contributed by atoms with E-state index in [0.717, 1.165) is 0 Å². The second kappa shape index (κ2) is 11.7. The van der Waals surface area contributed by atoms with E-state index in [1.165, 1.54) is 13.8 Å². The number of benzene rings is 1. The number of Topliss-reactive ketones (excluding diaryl/α,β-unsaturated/α-hetero) is 2. The Hall–Kier alpha value is -3.55. The van der Waals surface area contributed by atoms with Crippen molar-refractivity contribution >= 4 is 29.5 Å². The van der Waals surface area contributed by atoms with E-state index in [1.807, 2.05) is 13.8 Å². The topological polar surface area (TPSA) is 113 Å². The number of fused-ring (bicyclic) bond motifs is 1. The molecule has 0 aromatic heterocycles. The fourth-order valence-corrected chi connectivity index (χ4v) is 5.61. The third-order valence-corrected chi connectivity index (χ3v) is 7.68. The molecule has 0 N–H and O–H groups in total. The molecule has 0 bridgehead atoms. The molecule has 6 atom stereocenters. The number of esters is 3. The molecule has 0 spiro atoms. The summed E-state index contributed by atoms with van der Waals surface area (Å²) in [4.78, 5) is 64.3. The predicted octanol–water partition coefficient (Wildman–Crippen LogP) is 4.81. The molecular formula is C31H38O8. The van der Waals surface area contributed by atoms with Crippen molar-refractivity contribution in [2.45, 2.75) is 79.1 Å². The highest BCUT2D eigenvalue weighted by molar-refractivity contribution is 6.09. The molecule has 0 unspecified atom stereocenters. The van der Waals surface area contributed by atoms with Crippen LogP contribution >= 0.6 is 0 Å². The van der Waals surface area contributed by atoms with E-state index in [0.29, 0.717) is 5.56 Å². The number of carbonyl (C=O) groups excluding carboxylic acids is 5. The summed E-state index contributed by atoms with van der Waals surface area (Å²) >= 11 is 0. The van der Waals surface area contributed by atoms with Crippen molar-refractivity contribution in [3.63, 3.8) is 0 Å². The maximum atomic E-state index is 13.2. The van der Waals surface area contributed by atoms with Crippen LogP contribution in [0.5, 0.6) is 0 Å². The van der Waals surface area contributed by atoms with Crippen LogP contribution in [-0.4, -0.2) is 47.3 Å². The predicted molar refractivity (Wildman–Crippen MR) is 143 cm³/mol. The molecule has 2 aliphatic carbocycles. The summed E-state index contributed by atoms with van der Waals surface area (Å²) < 4.78 is 18.0. The third kappa shape index (κ3) is 6.54. The lowest BCUT2D eigenvalue weighted by atomic mass is 9.75. The summed E-state index contributed by atoms with van der Waals surface area (Å²) in [5.41, 5.74) is -1.78. The Labute approximate surface area is 229 Å². The average molecular weight is 539 g/mol. The van der Waals surface area contributed by atoms with E-state index in [1.54, 1.807) is 69.3 Å². The number of allylic oxidation sites excluding steroid dienone is 2. The van der Waals surface area contributed by atoms with Gasteiger partial charge in [-0.3, -0.25) is 19.2 Å². The molecule has 210 valence electrons. The van der Waals surface area contributed by atoms with E-state index in [-0.39, 0.29) is 35.9 Å². The molecule has 2 aliphatic rings. The molecular weight excluding hydrogens is 500 g/mol. The van der Waals surface area contributed by atoms with Crippen LogP contribution in [0.25, 0.3) is 0 Å². The van der Waals surface area contributed by atoms with Gasteiger partial charge in [0.2, 0.25) is 0 Å². The minimum Gasteiger partial charge on any atom is -0.458 e. The molecule has 0 radical (unpaired) electrons. The summed E-state index contributed by atoms with van der Waals surface area (Å²) in [5.74, 6) is -4.06. The Morgan fingerprint density at radius 2 is 1.59 bits per heavy atom. The lowest BCUT2D eigenvalue weighted by Crippen LogP contribution is -2.55. The molecule has 1 aromatic rings. The van der Waals surface area contributed by atoms with Crippen molar-refractivity contribution in [1.29, 1.82) is 0 Å². The second-order valence-electron chi connectivity index (χ2n) is 11.3. The first-order chi connectivity index (χ1) is 18.2. The largest absolute Gasteiger partial charge is 0.458 e. The highest BCUT2D eigenvalue weighted by atomic mass is 16.6. The highest BCUT2D eigenvalue weighted by Gasteiger charge is 2.62. The number of carbonyl (C=O) groups is 5. The average Bonchev–Trinajstić information content (AvgIpc) is 3.10. The van der Waals surface area contributed by atoms with Gasteiger partial charge in [0.1, 0.15) is 18.0 Å². The van der Waals surface area contributed by atoms with E-state index in [9.17, 15) is 24.0 Å². The lowest BCUT2D eigenvalue weighted by Gasteiger charge is -2.42. The SMILES string of the molecule is CC(=O)O[C@H]1[C@H](C)C=CC(C)(C)C(=O)CC(=O)C(C)=C[C@H]2[C@@H](OC(=O)c3ccccc3)[C@H](C)C[C@@]21OC(C)=O. The number of ketones is 2. The van der Waals surface area contributed by atoms with Crippen LogP contribution in [0.2, 0.25) is 0 Å². The van der Waals surface area contributed by atoms with Gasteiger partial charge in [0, 0.05) is 25.2 Å². The van der Waals surface area contributed by atoms with Gasteiger partial charge < -0.3 is 14.2 Å². The smallest absolute Gasteiger partial charge is 0.338 e. The normalized spacial score (nSPS) is 30.7. The number of hydrogen-bond donors (Lipinski definition) is 0. The maximum absolute atomic E-state index is 13.2. The third-order valence-electron chi connectivity index (χ3n) is 7.68. The zero-order chi connectivity index (χ0) is 29.1. The number of rotatable bonds is 4. The molecule has 8 nitrogen and oxygen atoms in total. The molecule has 0 saturated heterocycles. The van der Waals surface area contributed by atoms with Crippen LogP contribution in [0.3, 0.4) is 0 Å². The zero-order valence-corrected chi connectivity index (χ0v) is 23.7. The van der Waals surface area contributed by atoms with Crippen molar-refractivity contribution in [3.8, 4) is 0 Å². The second-order valence-corrected chi connectivity index (χ2v) is 11.3. The fraction of sp³-hybridized carbons (Fsp3) is 0.516. The fourth-order valence-electron chi connectivity index (χ4n) is 5.61. The van der Waals surface area contributed by atoms with Crippen molar-refractivity contribution in [2.24, 2.45) is 23.2 Å². The molecule has 1 aromatic carbocycles. The van der Waals surface area contributed by atoms with Gasteiger partial charge in [-0.05, 0) is 50.8 Å². The monoisotopic (exact) mass is 538 g/mol. The molecule has 39 heavy (non-hydrogen) atoms. The Kier molecular flexibility index (Phi) is 8.98. The number of hydrogen-bond acceptors (Lipinski definition) is 8. The molecule has 8 heteroatoms. The maximum Gasteiger partial charge on any atom is 0.338 e. The van der Waals surface area contributed by atoms with Gasteiger partial charge in [-0.2, -0.15) is 0 Å². The van der Waals surface area contributed by atoms with Gasteiger partial charge in [-0.1, -0.05) is 50.3 Å². The molecule has 0 aliphatic heterocycles.